The molecule has 0 aromatic heterocycles. The highest BCUT2D eigenvalue weighted by Gasteiger charge is 2.58. The van der Waals surface area contributed by atoms with E-state index < -0.39 is 34.0 Å². The molecule has 1 heterocycles. The third kappa shape index (κ3) is 2.59. The van der Waals surface area contributed by atoms with Crippen molar-refractivity contribution >= 4 is 21.9 Å². The fourth-order valence-corrected chi connectivity index (χ4v) is 4.31. The third-order valence-electron chi connectivity index (χ3n) is 4.45. The molecule has 0 radical (unpaired) electrons. The second-order valence-electron chi connectivity index (χ2n) is 5.85. The molecular weight excluding hydrogens is 288 g/mol. The van der Waals surface area contributed by atoms with Crippen LogP contribution >= 0.6 is 0 Å². The molecule has 1 aliphatic heterocycles. The number of hydrogen-bond donors (Lipinski definition) is 1. The largest absolute Gasteiger partial charge is 0.459 e. The second-order valence-corrected chi connectivity index (χ2v) is 7.30. The van der Waals surface area contributed by atoms with Gasteiger partial charge >= 0.3 is 5.97 Å². The van der Waals surface area contributed by atoms with Gasteiger partial charge in [0.15, 0.2) is 5.78 Å². The van der Waals surface area contributed by atoms with Crippen LogP contribution in [0, 0.1) is 17.8 Å². The maximum absolute atomic E-state index is 11.7. The maximum Gasteiger partial charge on any atom is 0.313 e. The summed E-state index contributed by atoms with van der Waals surface area (Å²) in [6.45, 7) is 0.710. The van der Waals surface area contributed by atoms with Crippen LogP contribution in [0.3, 0.4) is 0 Å². The number of fused-ring (bicyclic) bond motifs is 1. The number of ketones is 1. The fourth-order valence-electron chi connectivity index (χ4n) is 3.80. The van der Waals surface area contributed by atoms with E-state index in [1.54, 1.807) is 0 Å². The summed E-state index contributed by atoms with van der Waals surface area (Å²) in [4.78, 5) is 23.0. The predicted octanol–water partition coefficient (Wildman–Crippen LogP) is -0.200. The van der Waals surface area contributed by atoms with E-state index in [2.05, 4.69) is 0 Å². The molecule has 0 aromatic carbocycles. The molecule has 8 heteroatoms. The molecule has 5 atom stereocenters. The first-order valence-electron chi connectivity index (χ1n) is 6.61. The number of carbonyl (C=O) groups is 2. The van der Waals surface area contributed by atoms with Gasteiger partial charge < -0.3 is 9.47 Å². The van der Waals surface area contributed by atoms with E-state index in [9.17, 15) is 18.0 Å². The highest BCUT2D eigenvalue weighted by Crippen LogP contribution is 2.54. The third-order valence-corrected chi connectivity index (χ3v) is 5.14. The number of rotatable bonds is 5. The van der Waals surface area contributed by atoms with Crippen LogP contribution in [0.5, 0.6) is 0 Å². The molecular formula is C12H16O7S. The Morgan fingerprint density at radius 2 is 2.00 bits per heavy atom. The van der Waals surface area contributed by atoms with E-state index in [4.69, 9.17) is 14.0 Å². The molecule has 7 nitrogen and oxygen atoms in total. The fraction of sp³-hybridized carbons (Fsp3) is 0.833. The first kappa shape index (κ1) is 14.0. The first-order valence-corrected chi connectivity index (χ1v) is 8.22. The van der Waals surface area contributed by atoms with Crippen molar-refractivity contribution in [3.63, 3.8) is 0 Å². The summed E-state index contributed by atoms with van der Waals surface area (Å²) < 4.78 is 40.5. The molecule has 2 aliphatic carbocycles. The summed E-state index contributed by atoms with van der Waals surface area (Å²) in [5.41, 5.74) is 0. The van der Waals surface area contributed by atoms with Crippen LogP contribution in [0.2, 0.25) is 0 Å². The van der Waals surface area contributed by atoms with Crippen molar-refractivity contribution in [3.8, 4) is 0 Å². The van der Waals surface area contributed by atoms with Gasteiger partial charge in [-0.25, -0.2) is 0 Å². The van der Waals surface area contributed by atoms with Gasteiger partial charge in [0.1, 0.15) is 18.3 Å². The Morgan fingerprint density at radius 1 is 1.25 bits per heavy atom. The van der Waals surface area contributed by atoms with Crippen LogP contribution in [0.25, 0.3) is 0 Å². The lowest BCUT2D eigenvalue weighted by atomic mass is 9.88. The number of carbonyl (C=O) groups excluding carboxylic acids is 2. The topological polar surface area (TPSA) is 107 Å². The van der Waals surface area contributed by atoms with E-state index in [-0.39, 0.29) is 18.1 Å². The molecule has 2 bridgehead atoms. The van der Waals surface area contributed by atoms with Crippen LogP contribution < -0.4 is 0 Å². The summed E-state index contributed by atoms with van der Waals surface area (Å²) in [5.74, 6) is -1.36. The highest BCUT2D eigenvalue weighted by atomic mass is 32.2. The van der Waals surface area contributed by atoms with Gasteiger partial charge in [-0.15, -0.1) is 0 Å². The van der Waals surface area contributed by atoms with Gasteiger partial charge in [0.25, 0.3) is 10.1 Å². The van der Waals surface area contributed by atoms with Gasteiger partial charge in [-0.05, 0) is 30.6 Å². The van der Waals surface area contributed by atoms with E-state index in [0.717, 1.165) is 12.8 Å². The molecule has 2 saturated carbocycles. The molecule has 3 aliphatic rings. The quantitative estimate of drug-likeness (QED) is 0.426. The minimum absolute atomic E-state index is 0.0700. The lowest BCUT2D eigenvalue weighted by Gasteiger charge is -2.26. The van der Waals surface area contributed by atoms with Gasteiger partial charge in [0, 0.05) is 0 Å². The maximum atomic E-state index is 11.7. The van der Waals surface area contributed by atoms with Gasteiger partial charge in [-0.1, -0.05) is 0 Å². The number of ether oxygens (including phenoxy) is 2. The van der Waals surface area contributed by atoms with E-state index in [0.29, 0.717) is 18.4 Å². The van der Waals surface area contributed by atoms with Gasteiger partial charge in [-0.3, -0.25) is 14.1 Å². The molecule has 112 valence electrons. The second kappa shape index (κ2) is 4.78. The Hall–Kier alpha value is -0.990. The lowest BCUT2D eigenvalue weighted by molar-refractivity contribution is -0.158. The monoisotopic (exact) mass is 304 g/mol. The van der Waals surface area contributed by atoms with Crippen LogP contribution in [-0.4, -0.2) is 49.3 Å². The van der Waals surface area contributed by atoms with Crippen molar-refractivity contribution in [2.75, 3.05) is 12.4 Å². The zero-order chi connectivity index (χ0) is 14.5. The van der Waals surface area contributed by atoms with Crippen molar-refractivity contribution < 1.29 is 32.0 Å². The summed E-state index contributed by atoms with van der Waals surface area (Å²) in [6, 6.07) is 0. The van der Waals surface area contributed by atoms with Crippen molar-refractivity contribution in [1.29, 1.82) is 0 Å². The SMILES string of the molecule is O=C(CC(=O)OC1C2CC3COC1C3C2)CS(=O)(=O)O. The Kier molecular flexibility index (Phi) is 3.34. The van der Waals surface area contributed by atoms with Crippen molar-refractivity contribution in [2.24, 2.45) is 17.8 Å². The minimum Gasteiger partial charge on any atom is -0.459 e. The average Bonchev–Trinajstić information content (AvgIpc) is 2.85. The highest BCUT2D eigenvalue weighted by molar-refractivity contribution is 7.86. The molecule has 3 rings (SSSR count). The van der Waals surface area contributed by atoms with E-state index in [1.807, 2.05) is 0 Å². The van der Waals surface area contributed by atoms with Gasteiger partial charge in [0.2, 0.25) is 0 Å². The predicted molar refractivity (Wildman–Crippen MR) is 65.4 cm³/mol. The van der Waals surface area contributed by atoms with Crippen LogP contribution in [0.4, 0.5) is 0 Å². The van der Waals surface area contributed by atoms with Crippen LogP contribution in [0.15, 0.2) is 0 Å². The molecule has 3 fully saturated rings. The van der Waals surface area contributed by atoms with E-state index >= 15 is 0 Å². The summed E-state index contributed by atoms with van der Waals surface area (Å²) in [5, 5.41) is 0. The summed E-state index contributed by atoms with van der Waals surface area (Å²) >= 11 is 0. The molecule has 20 heavy (non-hydrogen) atoms. The van der Waals surface area contributed by atoms with Crippen LogP contribution in [0.1, 0.15) is 19.3 Å². The zero-order valence-electron chi connectivity index (χ0n) is 10.7. The summed E-state index contributed by atoms with van der Waals surface area (Å²) in [7, 11) is -4.40. The van der Waals surface area contributed by atoms with Crippen molar-refractivity contribution in [1.82, 2.24) is 0 Å². The van der Waals surface area contributed by atoms with Gasteiger partial charge in [-0.2, -0.15) is 8.42 Å². The zero-order valence-corrected chi connectivity index (χ0v) is 11.5. The Labute approximate surface area is 116 Å². The lowest BCUT2D eigenvalue weighted by Crippen LogP contribution is -2.36. The average molecular weight is 304 g/mol. The smallest absolute Gasteiger partial charge is 0.313 e. The normalized spacial score (nSPS) is 38.1. The van der Waals surface area contributed by atoms with Crippen LogP contribution in [-0.2, 0) is 29.2 Å². The molecule has 0 aromatic rings. The molecule has 0 amide bonds. The molecule has 1 N–H and O–H groups in total. The first-order chi connectivity index (χ1) is 9.33. The number of Topliss-reactive ketones (excluding diaryl/α,β-unsaturated/α-hetero) is 1. The molecule has 0 spiro atoms. The number of hydrogen-bond acceptors (Lipinski definition) is 6. The Bertz CT molecular complexity index is 538. The Balaban J connectivity index is 1.54. The van der Waals surface area contributed by atoms with Crippen molar-refractivity contribution in [3.05, 3.63) is 0 Å². The molecule has 1 saturated heterocycles. The van der Waals surface area contributed by atoms with Crippen molar-refractivity contribution in [2.45, 2.75) is 31.5 Å². The minimum atomic E-state index is -4.40. The van der Waals surface area contributed by atoms with Gasteiger partial charge in [0.05, 0.1) is 12.7 Å². The molecule has 5 unspecified atom stereocenters. The number of esters is 1. The Morgan fingerprint density at radius 3 is 2.70 bits per heavy atom. The standard InChI is InChI=1S/C12H16O7S/c13-8(5-20(15,16)17)3-10(14)19-11-6-1-7-4-18-12(11)9(7)2-6/h6-7,9,11-12H,1-5H2,(H,15,16,17). The summed E-state index contributed by atoms with van der Waals surface area (Å²) in [6.07, 6.45) is 0.956. The van der Waals surface area contributed by atoms with E-state index in [1.165, 1.54) is 0 Å².